The molecule has 0 spiro atoms. The Kier molecular flexibility index (Phi) is 8.40. The van der Waals surface area contributed by atoms with Crippen LogP contribution in [0.3, 0.4) is 0 Å². The molecule has 1 saturated carbocycles. The maximum atomic E-state index is 13.1. The summed E-state index contributed by atoms with van der Waals surface area (Å²) in [6, 6.07) is 9.29. The van der Waals surface area contributed by atoms with Gasteiger partial charge in [0.2, 0.25) is 0 Å². The molecule has 1 aliphatic carbocycles. The quantitative estimate of drug-likeness (QED) is 0.278. The van der Waals surface area contributed by atoms with Gasteiger partial charge in [-0.2, -0.15) is 0 Å². The van der Waals surface area contributed by atoms with Crippen molar-refractivity contribution in [2.24, 2.45) is 0 Å². The van der Waals surface area contributed by atoms with E-state index >= 15 is 0 Å². The highest BCUT2D eigenvalue weighted by molar-refractivity contribution is 9.10. The highest BCUT2D eigenvalue weighted by Crippen LogP contribution is 2.38. The molecule has 180 valence electrons. The van der Waals surface area contributed by atoms with Gasteiger partial charge in [0, 0.05) is 6.04 Å². The lowest BCUT2D eigenvalue weighted by molar-refractivity contribution is -0.124. The molecule has 1 aliphatic heterocycles. The van der Waals surface area contributed by atoms with E-state index in [0.717, 1.165) is 36.8 Å². The van der Waals surface area contributed by atoms with E-state index in [9.17, 15) is 4.79 Å². The summed E-state index contributed by atoms with van der Waals surface area (Å²) < 4.78 is 12.6. The Balaban J connectivity index is 1.56. The Labute approximate surface area is 223 Å². The van der Waals surface area contributed by atoms with E-state index in [1.807, 2.05) is 25.1 Å². The number of hydrogen-bond acceptors (Lipinski definition) is 4. The number of ether oxygens (including phenoxy) is 2. The SMILES string of the molecule is CCOc1cc(/C=C2\NC(=S)N(C3CCCCC3)C2=O)cc(Br)c1OCc1ccc(Cl)c(Cl)c1. The maximum Gasteiger partial charge on any atom is 0.276 e. The topological polar surface area (TPSA) is 50.8 Å². The van der Waals surface area contributed by atoms with E-state index in [4.69, 9.17) is 44.9 Å². The fourth-order valence-electron chi connectivity index (χ4n) is 4.25. The van der Waals surface area contributed by atoms with Crippen molar-refractivity contribution in [1.82, 2.24) is 10.2 Å². The number of nitrogens with zero attached hydrogens (tertiary/aromatic N) is 1. The molecule has 34 heavy (non-hydrogen) atoms. The molecule has 0 bridgehead atoms. The summed E-state index contributed by atoms with van der Waals surface area (Å²) in [5, 5.41) is 4.55. The monoisotopic (exact) mass is 582 g/mol. The highest BCUT2D eigenvalue weighted by atomic mass is 79.9. The largest absolute Gasteiger partial charge is 0.490 e. The average Bonchev–Trinajstić information content (AvgIpc) is 3.09. The van der Waals surface area contributed by atoms with Crippen molar-refractivity contribution in [3.8, 4) is 11.5 Å². The number of amides is 1. The molecule has 1 saturated heterocycles. The Morgan fingerprint density at radius 2 is 1.91 bits per heavy atom. The minimum absolute atomic E-state index is 0.0778. The average molecular weight is 584 g/mol. The number of rotatable bonds is 7. The molecule has 1 N–H and O–H groups in total. The van der Waals surface area contributed by atoms with Crippen molar-refractivity contribution >= 4 is 68.4 Å². The second-order valence-corrected chi connectivity index (χ2v) is 10.3. The van der Waals surface area contributed by atoms with Crippen LogP contribution in [0, 0.1) is 0 Å². The lowest BCUT2D eigenvalue weighted by Crippen LogP contribution is -2.41. The lowest BCUT2D eigenvalue weighted by Gasteiger charge is -2.29. The number of hydrogen-bond donors (Lipinski definition) is 1. The third kappa shape index (κ3) is 5.70. The van der Waals surface area contributed by atoms with Crippen LogP contribution in [0.15, 0.2) is 40.5 Å². The van der Waals surface area contributed by atoms with Crippen LogP contribution in [-0.2, 0) is 11.4 Å². The van der Waals surface area contributed by atoms with Gasteiger partial charge in [0.1, 0.15) is 12.3 Å². The van der Waals surface area contributed by atoms with Crippen molar-refractivity contribution in [2.45, 2.75) is 51.7 Å². The van der Waals surface area contributed by atoms with E-state index < -0.39 is 0 Å². The molecule has 0 radical (unpaired) electrons. The molecule has 0 unspecified atom stereocenters. The minimum Gasteiger partial charge on any atom is -0.490 e. The van der Waals surface area contributed by atoms with Crippen molar-refractivity contribution in [2.75, 3.05) is 6.61 Å². The van der Waals surface area contributed by atoms with Gasteiger partial charge >= 0.3 is 0 Å². The molecule has 5 nitrogen and oxygen atoms in total. The second kappa shape index (κ2) is 11.3. The Morgan fingerprint density at radius 3 is 2.62 bits per heavy atom. The number of nitrogens with one attached hydrogen (secondary N) is 1. The zero-order valence-corrected chi connectivity index (χ0v) is 22.6. The van der Waals surface area contributed by atoms with E-state index in [1.165, 1.54) is 6.42 Å². The van der Waals surface area contributed by atoms with E-state index in [1.54, 1.807) is 23.1 Å². The number of benzene rings is 2. The molecule has 9 heteroatoms. The first-order valence-corrected chi connectivity index (χ1v) is 13.2. The third-order valence-electron chi connectivity index (χ3n) is 5.86. The van der Waals surface area contributed by atoms with Crippen LogP contribution in [-0.4, -0.2) is 28.6 Å². The summed E-state index contributed by atoms with van der Waals surface area (Å²) in [4.78, 5) is 14.9. The van der Waals surface area contributed by atoms with Gasteiger partial charge < -0.3 is 14.8 Å². The van der Waals surface area contributed by atoms with Gasteiger partial charge in [-0.3, -0.25) is 9.69 Å². The normalized spacial score (nSPS) is 17.9. The van der Waals surface area contributed by atoms with Gasteiger partial charge in [-0.1, -0.05) is 48.5 Å². The molecule has 0 atom stereocenters. The number of halogens is 3. The molecular weight excluding hydrogens is 559 g/mol. The van der Waals surface area contributed by atoms with Crippen molar-refractivity contribution in [3.63, 3.8) is 0 Å². The molecule has 0 aromatic heterocycles. The van der Waals surface area contributed by atoms with Crippen LogP contribution in [0.2, 0.25) is 10.0 Å². The van der Waals surface area contributed by atoms with E-state index in [0.29, 0.717) is 50.0 Å². The smallest absolute Gasteiger partial charge is 0.276 e. The zero-order valence-electron chi connectivity index (χ0n) is 18.7. The number of carbonyl (C=O) groups excluding carboxylic acids is 1. The first-order chi connectivity index (χ1) is 16.4. The summed E-state index contributed by atoms with van der Waals surface area (Å²) in [6.07, 6.45) is 7.26. The van der Waals surface area contributed by atoms with Gasteiger partial charge in [-0.05, 0) is 89.4 Å². The maximum absolute atomic E-state index is 13.1. The molecule has 4 rings (SSSR count). The van der Waals surface area contributed by atoms with Crippen LogP contribution in [0.4, 0.5) is 0 Å². The Morgan fingerprint density at radius 1 is 1.15 bits per heavy atom. The van der Waals surface area contributed by atoms with Crippen molar-refractivity contribution in [1.29, 1.82) is 0 Å². The van der Waals surface area contributed by atoms with Crippen LogP contribution >= 0.6 is 51.3 Å². The Bertz CT molecular complexity index is 1140. The minimum atomic E-state index is -0.0778. The first-order valence-electron chi connectivity index (χ1n) is 11.3. The lowest BCUT2D eigenvalue weighted by atomic mass is 9.94. The number of carbonyl (C=O) groups is 1. The van der Waals surface area contributed by atoms with Crippen LogP contribution < -0.4 is 14.8 Å². The molecule has 1 heterocycles. The first kappa shape index (κ1) is 25.3. The van der Waals surface area contributed by atoms with Gasteiger partial charge in [0.15, 0.2) is 16.6 Å². The molecule has 1 amide bonds. The molecule has 2 fully saturated rings. The summed E-state index contributed by atoms with van der Waals surface area (Å²) in [5.41, 5.74) is 2.14. The Hall–Kier alpha value is -1.80. The highest BCUT2D eigenvalue weighted by Gasteiger charge is 2.36. The molecule has 2 aliphatic rings. The van der Waals surface area contributed by atoms with Gasteiger partial charge in [0.25, 0.3) is 5.91 Å². The van der Waals surface area contributed by atoms with Crippen LogP contribution in [0.5, 0.6) is 11.5 Å². The standard InChI is InChI=1S/C25H25BrCl2N2O3S/c1-2-32-22-13-16(10-18(26)23(22)33-14-15-8-9-19(27)20(28)11-15)12-21-24(31)30(25(34)29-21)17-6-4-3-5-7-17/h8-13,17H,2-7,14H2,1H3,(H,29,34)/b21-12-. The van der Waals surface area contributed by atoms with E-state index in [2.05, 4.69) is 21.2 Å². The predicted octanol–water partition coefficient (Wildman–Crippen LogP) is 7.12. The number of thiocarbonyl (C=S) groups is 1. The van der Waals surface area contributed by atoms with Gasteiger partial charge in [0.05, 0.1) is 21.1 Å². The predicted molar refractivity (Wildman–Crippen MR) is 144 cm³/mol. The van der Waals surface area contributed by atoms with Gasteiger partial charge in [-0.15, -0.1) is 0 Å². The summed E-state index contributed by atoms with van der Waals surface area (Å²) in [5.74, 6) is 1.06. The van der Waals surface area contributed by atoms with Crippen LogP contribution in [0.1, 0.15) is 50.2 Å². The third-order valence-corrected chi connectivity index (χ3v) is 7.49. The fraction of sp³-hybridized carbons (Fsp3) is 0.360. The zero-order chi connectivity index (χ0) is 24.2. The summed E-state index contributed by atoms with van der Waals surface area (Å²) >= 11 is 21.2. The van der Waals surface area contributed by atoms with Crippen molar-refractivity contribution in [3.05, 3.63) is 61.7 Å². The fourth-order valence-corrected chi connectivity index (χ4v) is 5.48. The van der Waals surface area contributed by atoms with Gasteiger partial charge in [-0.25, -0.2) is 0 Å². The molecule has 2 aromatic rings. The van der Waals surface area contributed by atoms with E-state index in [-0.39, 0.29) is 11.9 Å². The molecule has 2 aromatic carbocycles. The summed E-state index contributed by atoms with van der Waals surface area (Å²) in [7, 11) is 0. The summed E-state index contributed by atoms with van der Waals surface area (Å²) in [6.45, 7) is 2.66. The second-order valence-electron chi connectivity index (χ2n) is 8.26. The van der Waals surface area contributed by atoms with Crippen LogP contribution in [0.25, 0.3) is 6.08 Å². The molecular formula is C25H25BrCl2N2O3S. The van der Waals surface area contributed by atoms with Crippen molar-refractivity contribution < 1.29 is 14.3 Å².